The fourth-order valence-corrected chi connectivity index (χ4v) is 3.46. The lowest BCUT2D eigenvalue weighted by Gasteiger charge is -2.28. The average molecular weight is 354 g/mol. The number of rotatable bonds is 8. The fourth-order valence-electron chi connectivity index (χ4n) is 3.46. The molecular formula is C21H26N2O3. The van der Waals surface area contributed by atoms with Crippen molar-refractivity contribution in [3.8, 4) is 5.75 Å². The highest BCUT2D eigenvalue weighted by molar-refractivity contribution is 5.87. The molecule has 1 atom stereocenters. The van der Waals surface area contributed by atoms with Crippen molar-refractivity contribution in [3.63, 3.8) is 0 Å². The standard InChI is InChI=1S/C21H26N2O3/c1-26-19-10-8-17(9-11-19)20(23-12-2-3-13-23)15-22-14-16-4-6-18(7-5-16)21(24)25/h4-11,20,22H,2-3,12-15H2,1H3,(H,24,25). The van der Waals surface area contributed by atoms with Crippen molar-refractivity contribution in [2.75, 3.05) is 26.7 Å². The number of aromatic carboxylic acids is 1. The molecule has 26 heavy (non-hydrogen) atoms. The van der Waals surface area contributed by atoms with Crippen molar-refractivity contribution in [3.05, 3.63) is 65.2 Å². The van der Waals surface area contributed by atoms with Crippen LogP contribution >= 0.6 is 0 Å². The van der Waals surface area contributed by atoms with Crippen molar-refractivity contribution in [1.29, 1.82) is 0 Å². The maximum absolute atomic E-state index is 10.9. The van der Waals surface area contributed by atoms with Gasteiger partial charge in [0.25, 0.3) is 0 Å². The molecule has 0 aliphatic carbocycles. The summed E-state index contributed by atoms with van der Waals surface area (Å²) in [6, 6.07) is 15.7. The van der Waals surface area contributed by atoms with Crippen LogP contribution in [0.15, 0.2) is 48.5 Å². The van der Waals surface area contributed by atoms with Gasteiger partial charge in [0.15, 0.2) is 0 Å². The number of carboxylic acid groups (broad SMARTS) is 1. The molecule has 2 aromatic carbocycles. The Morgan fingerprint density at radius 1 is 1.12 bits per heavy atom. The van der Waals surface area contributed by atoms with Gasteiger partial charge in [0.2, 0.25) is 0 Å². The van der Waals surface area contributed by atoms with E-state index >= 15 is 0 Å². The summed E-state index contributed by atoms with van der Waals surface area (Å²) >= 11 is 0. The highest BCUT2D eigenvalue weighted by Crippen LogP contribution is 2.26. The van der Waals surface area contributed by atoms with Crippen molar-refractivity contribution in [1.82, 2.24) is 10.2 Å². The number of likely N-dealkylation sites (tertiary alicyclic amines) is 1. The Balaban J connectivity index is 1.62. The summed E-state index contributed by atoms with van der Waals surface area (Å²) in [6.07, 6.45) is 2.51. The first-order valence-corrected chi connectivity index (χ1v) is 9.08. The number of nitrogens with one attached hydrogen (secondary N) is 1. The Labute approximate surface area is 154 Å². The van der Waals surface area contributed by atoms with Crippen LogP contribution in [0.2, 0.25) is 0 Å². The Morgan fingerprint density at radius 3 is 2.35 bits per heavy atom. The molecule has 138 valence electrons. The molecule has 1 fully saturated rings. The number of benzene rings is 2. The van der Waals surface area contributed by atoms with E-state index in [0.717, 1.165) is 37.5 Å². The molecule has 2 N–H and O–H groups in total. The topological polar surface area (TPSA) is 61.8 Å². The first kappa shape index (κ1) is 18.4. The van der Waals surface area contributed by atoms with E-state index in [1.807, 2.05) is 24.3 Å². The van der Waals surface area contributed by atoms with E-state index in [1.54, 1.807) is 19.2 Å². The highest BCUT2D eigenvalue weighted by Gasteiger charge is 2.23. The molecule has 0 amide bonds. The molecule has 1 aliphatic rings. The molecule has 5 nitrogen and oxygen atoms in total. The first-order valence-electron chi connectivity index (χ1n) is 9.08. The Kier molecular flexibility index (Phi) is 6.26. The largest absolute Gasteiger partial charge is 0.497 e. The maximum atomic E-state index is 10.9. The van der Waals surface area contributed by atoms with Crippen molar-refractivity contribution in [2.45, 2.75) is 25.4 Å². The quantitative estimate of drug-likeness (QED) is 0.761. The van der Waals surface area contributed by atoms with Crippen LogP contribution in [0.5, 0.6) is 5.75 Å². The van der Waals surface area contributed by atoms with Crippen LogP contribution in [0.1, 0.15) is 40.4 Å². The molecule has 0 bridgehead atoms. The zero-order chi connectivity index (χ0) is 18.4. The second-order valence-electron chi connectivity index (χ2n) is 6.67. The third-order valence-electron chi connectivity index (χ3n) is 4.95. The molecule has 0 aromatic heterocycles. The highest BCUT2D eigenvalue weighted by atomic mass is 16.5. The van der Waals surface area contributed by atoms with Crippen molar-refractivity contribution < 1.29 is 14.6 Å². The van der Waals surface area contributed by atoms with E-state index < -0.39 is 5.97 Å². The third kappa shape index (κ3) is 4.62. The second-order valence-corrected chi connectivity index (χ2v) is 6.67. The minimum atomic E-state index is -0.891. The van der Waals surface area contributed by atoms with Crippen molar-refractivity contribution in [2.24, 2.45) is 0 Å². The van der Waals surface area contributed by atoms with Gasteiger partial charge in [-0.25, -0.2) is 4.79 Å². The maximum Gasteiger partial charge on any atom is 0.335 e. The molecule has 1 heterocycles. The summed E-state index contributed by atoms with van der Waals surface area (Å²) in [5, 5.41) is 12.5. The Hall–Kier alpha value is -2.37. The van der Waals surface area contributed by atoms with Crippen LogP contribution < -0.4 is 10.1 Å². The normalized spacial score (nSPS) is 15.7. The summed E-state index contributed by atoms with van der Waals surface area (Å²) < 4.78 is 5.27. The minimum absolute atomic E-state index is 0.321. The summed E-state index contributed by atoms with van der Waals surface area (Å²) in [4.78, 5) is 13.5. The van der Waals surface area contributed by atoms with E-state index in [1.165, 1.54) is 18.4 Å². The van der Waals surface area contributed by atoms with Crippen molar-refractivity contribution >= 4 is 5.97 Å². The van der Waals surface area contributed by atoms with E-state index in [9.17, 15) is 4.79 Å². The summed E-state index contributed by atoms with van der Waals surface area (Å²) in [5.74, 6) is -0.0153. The predicted octanol–water partition coefficient (Wildman–Crippen LogP) is 3.32. The lowest BCUT2D eigenvalue weighted by Crippen LogP contribution is -2.34. The number of hydrogen-bond donors (Lipinski definition) is 2. The van der Waals surface area contributed by atoms with Crippen LogP contribution in [0.25, 0.3) is 0 Å². The van der Waals surface area contributed by atoms with E-state index in [2.05, 4.69) is 22.3 Å². The average Bonchev–Trinajstić information content (AvgIpc) is 3.20. The predicted molar refractivity (Wildman–Crippen MR) is 102 cm³/mol. The zero-order valence-electron chi connectivity index (χ0n) is 15.1. The number of nitrogens with zero attached hydrogens (tertiary/aromatic N) is 1. The van der Waals surface area contributed by atoms with E-state index in [4.69, 9.17) is 9.84 Å². The van der Waals surface area contributed by atoms with Crippen LogP contribution in [-0.2, 0) is 6.54 Å². The number of carbonyl (C=O) groups is 1. The number of methoxy groups -OCH3 is 1. The fraction of sp³-hybridized carbons (Fsp3) is 0.381. The SMILES string of the molecule is COc1ccc(C(CNCc2ccc(C(=O)O)cc2)N2CCCC2)cc1. The molecule has 0 radical (unpaired) electrons. The molecule has 2 aromatic rings. The van der Waals surface area contributed by atoms with Crippen LogP contribution in [0.4, 0.5) is 0 Å². The second kappa shape index (κ2) is 8.83. The summed E-state index contributed by atoms with van der Waals surface area (Å²) in [5.41, 5.74) is 2.70. The van der Waals surface area contributed by atoms with Crippen LogP contribution in [0.3, 0.4) is 0 Å². The lowest BCUT2D eigenvalue weighted by atomic mass is 10.0. The molecule has 0 saturated carbocycles. The smallest absolute Gasteiger partial charge is 0.335 e. The van der Waals surface area contributed by atoms with Gasteiger partial charge in [-0.05, 0) is 61.3 Å². The van der Waals surface area contributed by atoms with Gasteiger partial charge in [-0.3, -0.25) is 4.90 Å². The molecule has 3 rings (SSSR count). The van der Waals surface area contributed by atoms with Crippen LogP contribution in [0, 0.1) is 0 Å². The van der Waals surface area contributed by atoms with Gasteiger partial charge < -0.3 is 15.2 Å². The Morgan fingerprint density at radius 2 is 1.77 bits per heavy atom. The molecule has 5 heteroatoms. The monoisotopic (exact) mass is 354 g/mol. The molecular weight excluding hydrogens is 328 g/mol. The first-order chi connectivity index (χ1) is 12.7. The van der Waals surface area contributed by atoms with Gasteiger partial charge in [-0.2, -0.15) is 0 Å². The zero-order valence-corrected chi connectivity index (χ0v) is 15.1. The Bertz CT molecular complexity index is 707. The summed E-state index contributed by atoms with van der Waals surface area (Å²) in [7, 11) is 1.68. The summed E-state index contributed by atoms with van der Waals surface area (Å²) in [6.45, 7) is 3.84. The number of ether oxygens (including phenoxy) is 1. The van der Waals surface area contributed by atoms with Gasteiger partial charge in [0, 0.05) is 19.1 Å². The third-order valence-corrected chi connectivity index (χ3v) is 4.95. The lowest BCUT2D eigenvalue weighted by molar-refractivity contribution is 0.0697. The van der Waals surface area contributed by atoms with E-state index in [0.29, 0.717) is 11.6 Å². The van der Waals surface area contributed by atoms with Crippen LogP contribution in [-0.4, -0.2) is 42.7 Å². The number of carboxylic acids is 1. The molecule has 1 unspecified atom stereocenters. The van der Waals surface area contributed by atoms with Gasteiger partial charge in [-0.15, -0.1) is 0 Å². The molecule has 1 saturated heterocycles. The van der Waals surface area contributed by atoms with Gasteiger partial charge in [0.1, 0.15) is 5.75 Å². The van der Waals surface area contributed by atoms with Gasteiger partial charge in [-0.1, -0.05) is 24.3 Å². The van der Waals surface area contributed by atoms with E-state index in [-0.39, 0.29) is 0 Å². The number of hydrogen-bond acceptors (Lipinski definition) is 4. The molecule has 0 spiro atoms. The minimum Gasteiger partial charge on any atom is -0.497 e. The van der Waals surface area contributed by atoms with Gasteiger partial charge >= 0.3 is 5.97 Å². The van der Waals surface area contributed by atoms with Gasteiger partial charge in [0.05, 0.1) is 12.7 Å². The molecule has 1 aliphatic heterocycles.